The summed E-state index contributed by atoms with van der Waals surface area (Å²) < 4.78 is 13.7. The van der Waals surface area contributed by atoms with Crippen LogP contribution in [0.3, 0.4) is 0 Å². The molecule has 0 fully saturated rings. The van der Waals surface area contributed by atoms with Crippen LogP contribution < -0.4 is 0 Å². The van der Waals surface area contributed by atoms with Crippen molar-refractivity contribution in [3.8, 4) is 0 Å². The molecule has 0 bridgehead atoms. The van der Waals surface area contributed by atoms with Crippen LogP contribution in [0, 0.1) is 12.7 Å². The van der Waals surface area contributed by atoms with E-state index in [0.29, 0.717) is 6.54 Å². The van der Waals surface area contributed by atoms with Gasteiger partial charge in [0.1, 0.15) is 5.82 Å². The molecular weight excluding hydrogens is 261 g/mol. The van der Waals surface area contributed by atoms with Gasteiger partial charge in [0, 0.05) is 18.5 Å². The van der Waals surface area contributed by atoms with Crippen molar-refractivity contribution in [3.63, 3.8) is 0 Å². The Labute approximate surface area is 116 Å². The standard InChI is InChI=1S/C15H16FNOS/c1-11-5-6-13(14(16)10-11)15(18)17(2)8-7-12-4-3-9-19-12/h3-6,9-10H,7-8H2,1-2H3. The van der Waals surface area contributed by atoms with Gasteiger partial charge in [-0.2, -0.15) is 0 Å². The molecule has 0 saturated carbocycles. The maximum absolute atomic E-state index is 13.7. The molecule has 1 amide bonds. The number of likely N-dealkylation sites (N-methyl/N-ethyl adjacent to an activating group) is 1. The minimum absolute atomic E-state index is 0.138. The topological polar surface area (TPSA) is 20.3 Å². The lowest BCUT2D eigenvalue weighted by Crippen LogP contribution is -2.29. The molecule has 1 heterocycles. The fraction of sp³-hybridized carbons (Fsp3) is 0.267. The second-order valence-corrected chi connectivity index (χ2v) is 5.57. The molecule has 19 heavy (non-hydrogen) atoms. The summed E-state index contributed by atoms with van der Waals surface area (Å²) in [5.74, 6) is -0.720. The van der Waals surface area contributed by atoms with E-state index in [1.54, 1.807) is 42.3 Å². The molecule has 0 aliphatic heterocycles. The molecule has 0 N–H and O–H groups in total. The molecule has 2 aromatic rings. The predicted molar refractivity (Wildman–Crippen MR) is 76.1 cm³/mol. The van der Waals surface area contributed by atoms with Gasteiger partial charge in [0.15, 0.2) is 0 Å². The molecule has 0 aliphatic rings. The fourth-order valence-electron chi connectivity index (χ4n) is 1.83. The summed E-state index contributed by atoms with van der Waals surface area (Å²) in [5, 5.41) is 2.01. The van der Waals surface area contributed by atoms with Crippen molar-refractivity contribution < 1.29 is 9.18 Å². The van der Waals surface area contributed by atoms with Gasteiger partial charge in [-0.1, -0.05) is 12.1 Å². The summed E-state index contributed by atoms with van der Waals surface area (Å²) in [6.07, 6.45) is 0.799. The minimum atomic E-state index is -0.451. The van der Waals surface area contributed by atoms with Crippen LogP contribution in [-0.4, -0.2) is 24.4 Å². The third-order valence-corrected chi connectivity index (χ3v) is 3.91. The molecule has 4 heteroatoms. The van der Waals surface area contributed by atoms with E-state index in [0.717, 1.165) is 12.0 Å². The third-order valence-electron chi connectivity index (χ3n) is 2.98. The summed E-state index contributed by atoms with van der Waals surface area (Å²) in [6.45, 7) is 2.39. The Morgan fingerprint density at radius 3 is 2.79 bits per heavy atom. The van der Waals surface area contributed by atoms with Crippen LogP contribution in [-0.2, 0) is 6.42 Å². The number of thiophene rings is 1. The van der Waals surface area contributed by atoms with Crippen molar-refractivity contribution in [1.82, 2.24) is 4.90 Å². The van der Waals surface area contributed by atoms with Crippen LogP contribution in [0.1, 0.15) is 20.8 Å². The van der Waals surface area contributed by atoms with E-state index in [2.05, 4.69) is 0 Å². The van der Waals surface area contributed by atoms with Crippen molar-refractivity contribution in [2.24, 2.45) is 0 Å². The number of hydrogen-bond acceptors (Lipinski definition) is 2. The van der Waals surface area contributed by atoms with Crippen LogP contribution in [0.4, 0.5) is 4.39 Å². The molecule has 0 aliphatic carbocycles. The third kappa shape index (κ3) is 3.41. The van der Waals surface area contributed by atoms with Gasteiger partial charge in [-0.05, 0) is 42.5 Å². The smallest absolute Gasteiger partial charge is 0.256 e. The summed E-state index contributed by atoms with van der Waals surface area (Å²) >= 11 is 1.67. The number of carbonyl (C=O) groups is 1. The van der Waals surface area contributed by atoms with Gasteiger partial charge in [0.05, 0.1) is 5.56 Å². The van der Waals surface area contributed by atoms with Crippen LogP contribution in [0.2, 0.25) is 0 Å². The summed E-state index contributed by atoms with van der Waals surface area (Å²) in [5.41, 5.74) is 0.953. The lowest BCUT2D eigenvalue weighted by atomic mass is 10.1. The largest absolute Gasteiger partial charge is 0.341 e. The van der Waals surface area contributed by atoms with Gasteiger partial charge in [0.25, 0.3) is 5.91 Å². The molecule has 100 valence electrons. The molecule has 2 nitrogen and oxygen atoms in total. The number of carbonyl (C=O) groups excluding carboxylic acids is 1. The van der Waals surface area contributed by atoms with E-state index < -0.39 is 5.82 Å². The number of amides is 1. The quantitative estimate of drug-likeness (QED) is 0.837. The van der Waals surface area contributed by atoms with Gasteiger partial charge in [0.2, 0.25) is 0 Å². The first kappa shape index (κ1) is 13.7. The highest BCUT2D eigenvalue weighted by molar-refractivity contribution is 7.09. The Kier molecular flexibility index (Phi) is 4.32. The molecule has 0 unspecified atom stereocenters. The van der Waals surface area contributed by atoms with Crippen molar-refractivity contribution >= 4 is 17.2 Å². The molecular formula is C15H16FNOS. The highest BCUT2D eigenvalue weighted by Gasteiger charge is 2.15. The summed E-state index contributed by atoms with van der Waals surface area (Å²) in [7, 11) is 1.70. The number of nitrogens with zero attached hydrogens (tertiary/aromatic N) is 1. The van der Waals surface area contributed by atoms with E-state index in [1.165, 1.54) is 10.9 Å². The van der Waals surface area contributed by atoms with Gasteiger partial charge in [-0.15, -0.1) is 11.3 Å². The molecule has 1 aromatic heterocycles. The molecule has 0 saturated heterocycles. The molecule has 1 aromatic carbocycles. The Hall–Kier alpha value is -1.68. The van der Waals surface area contributed by atoms with Crippen LogP contribution in [0.25, 0.3) is 0 Å². The van der Waals surface area contributed by atoms with Crippen molar-refractivity contribution in [2.45, 2.75) is 13.3 Å². The van der Waals surface area contributed by atoms with Crippen molar-refractivity contribution in [3.05, 3.63) is 57.5 Å². The Bertz CT molecular complexity index is 566. The Morgan fingerprint density at radius 1 is 1.37 bits per heavy atom. The summed E-state index contributed by atoms with van der Waals surface area (Å²) in [6, 6.07) is 8.72. The lowest BCUT2D eigenvalue weighted by Gasteiger charge is -2.17. The first-order valence-corrected chi connectivity index (χ1v) is 7.00. The van der Waals surface area contributed by atoms with E-state index in [1.807, 2.05) is 17.5 Å². The average molecular weight is 277 g/mol. The molecule has 0 radical (unpaired) electrons. The zero-order chi connectivity index (χ0) is 13.8. The lowest BCUT2D eigenvalue weighted by molar-refractivity contribution is 0.0792. The Morgan fingerprint density at radius 2 is 2.16 bits per heavy atom. The minimum Gasteiger partial charge on any atom is -0.341 e. The maximum atomic E-state index is 13.7. The predicted octanol–water partition coefficient (Wildman–Crippen LogP) is 3.51. The first-order valence-electron chi connectivity index (χ1n) is 6.12. The molecule has 0 atom stereocenters. The van der Waals surface area contributed by atoms with E-state index in [9.17, 15) is 9.18 Å². The highest BCUT2D eigenvalue weighted by Crippen LogP contribution is 2.13. The number of benzene rings is 1. The number of rotatable bonds is 4. The molecule has 2 rings (SSSR count). The number of hydrogen-bond donors (Lipinski definition) is 0. The number of aryl methyl sites for hydroxylation is 1. The normalized spacial score (nSPS) is 10.5. The van der Waals surface area contributed by atoms with Crippen LogP contribution >= 0.6 is 11.3 Å². The van der Waals surface area contributed by atoms with E-state index >= 15 is 0 Å². The highest BCUT2D eigenvalue weighted by atomic mass is 32.1. The van der Waals surface area contributed by atoms with Crippen LogP contribution in [0.15, 0.2) is 35.7 Å². The van der Waals surface area contributed by atoms with Crippen molar-refractivity contribution in [1.29, 1.82) is 0 Å². The second-order valence-electron chi connectivity index (χ2n) is 4.54. The first-order chi connectivity index (χ1) is 9.08. The average Bonchev–Trinajstić information content (AvgIpc) is 2.88. The van der Waals surface area contributed by atoms with Gasteiger partial charge < -0.3 is 4.90 Å². The zero-order valence-corrected chi connectivity index (χ0v) is 11.8. The maximum Gasteiger partial charge on any atom is 0.256 e. The summed E-state index contributed by atoms with van der Waals surface area (Å²) in [4.78, 5) is 14.9. The monoisotopic (exact) mass is 277 g/mol. The van der Waals surface area contributed by atoms with Gasteiger partial charge >= 0.3 is 0 Å². The van der Waals surface area contributed by atoms with Gasteiger partial charge in [-0.25, -0.2) is 4.39 Å². The van der Waals surface area contributed by atoms with Crippen molar-refractivity contribution in [2.75, 3.05) is 13.6 Å². The Balaban J connectivity index is 2.02. The fourth-order valence-corrected chi connectivity index (χ4v) is 2.53. The SMILES string of the molecule is Cc1ccc(C(=O)N(C)CCc2cccs2)c(F)c1. The number of halogens is 1. The van der Waals surface area contributed by atoms with E-state index in [-0.39, 0.29) is 11.5 Å². The van der Waals surface area contributed by atoms with Crippen LogP contribution in [0.5, 0.6) is 0 Å². The van der Waals surface area contributed by atoms with Gasteiger partial charge in [-0.3, -0.25) is 4.79 Å². The molecule has 0 spiro atoms. The van der Waals surface area contributed by atoms with E-state index in [4.69, 9.17) is 0 Å². The second kappa shape index (κ2) is 5.97. The zero-order valence-electron chi connectivity index (χ0n) is 11.0.